The molecule has 0 unspecified atom stereocenters. The van der Waals surface area contributed by atoms with E-state index >= 15 is 0 Å². The lowest BCUT2D eigenvalue weighted by Crippen LogP contribution is -2.36. The number of rotatable bonds is 9. The van der Waals surface area contributed by atoms with Crippen LogP contribution in [0, 0.1) is 18.8 Å². The first kappa shape index (κ1) is 26.9. The van der Waals surface area contributed by atoms with Gasteiger partial charge in [0.05, 0.1) is 31.2 Å². The Labute approximate surface area is 230 Å². The Morgan fingerprint density at radius 1 is 0.923 bits per heavy atom. The summed E-state index contributed by atoms with van der Waals surface area (Å²) in [6, 6.07) is 20.4. The van der Waals surface area contributed by atoms with Crippen LogP contribution < -0.4 is 10.1 Å². The fourth-order valence-corrected chi connectivity index (χ4v) is 6.09. The number of hydrogen-bond acceptors (Lipinski definition) is 4. The molecule has 2 aliphatic rings. The van der Waals surface area contributed by atoms with Crippen LogP contribution in [0.5, 0.6) is 5.75 Å². The van der Waals surface area contributed by atoms with Crippen molar-refractivity contribution in [3.8, 4) is 16.9 Å². The quantitative estimate of drug-likeness (QED) is 0.329. The van der Waals surface area contributed by atoms with Crippen molar-refractivity contribution in [2.75, 3.05) is 11.9 Å². The predicted octanol–water partition coefficient (Wildman–Crippen LogP) is 6.57. The molecule has 0 heterocycles. The Balaban J connectivity index is 1.41. The minimum atomic E-state index is -0.887. The number of carboxylic acid groups (broad SMARTS) is 1. The summed E-state index contributed by atoms with van der Waals surface area (Å²) in [5.74, 6) is -1.40. The highest BCUT2D eigenvalue weighted by molar-refractivity contribution is 5.95. The Morgan fingerprint density at radius 2 is 1.64 bits per heavy atom. The molecule has 0 spiro atoms. The fourth-order valence-electron chi connectivity index (χ4n) is 6.09. The number of benzene rings is 3. The number of carbonyl (C=O) groups excluding carboxylic acids is 1. The molecule has 5 rings (SSSR count). The zero-order chi connectivity index (χ0) is 27.4. The molecule has 2 aliphatic carbocycles. The number of carboxylic acids is 1. The lowest BCUT2D eigenvalue weighted by molar-refractivity contribution is -0.147. The van der Waals surface area contributed by atoms with Crippen molar-refractivity contribution >= 4 is 17.6 Å². The summed E-state index contributed by atoms with van der Waals surface area (Å²) in [4.78, 5) is 25.0. The van der Waals surface area contributed by atoms with Crippen LogP contribution in [0.3, 0.4) is 0 Å². The second-order valence-corrected chi connectivity index (χ2v) is 10.7. The Morgan fingerprint density at radius 3 is 2.33 bits per heavy atom. The van der Waals surface area contributed by atoms with Crippen LogP contribution in [0.25, 0.3) is 11.1 Å². The van der Waals surface area contributed by atoms with E-state index in [1.165, 1.54) is 11.1 Å². The molecule has 39 heavy (non-hydrogen) atoms. The molecule has 0 aromatic heterocycles. The summed E-state index contributed by atoms with van der Waals surface area (Å²) in [6.07, 6.45) is 4.75. The molecule has 1 saturated carbocycles. The van der Waals surface area contributed by atoms with Gasteiger partial charge < -0.3 is 19.9 Å². The molecule has 204 valence electrons. The highest BCUT2D eigenvalue weighted by Gasteiger charge is 2.35. The summed E-state index contributed by atoms with van der Waals surface area (Å²) < 4.78 is 12.3. The van der Waals surface area contributed by atoms with Crippen LogP contribution in [-0.4, -0.2) is 29.7 Å². The maximum Gasteiger partial charge on any atom is 0.307 e. The zero-order valence-electron chi connectivity index (χ0n) is 22.7. The maximum absolute atomic E-state index is 13.2. The van der Waals surface area contributed by atoms with E-state index in [-0.39, 0.29) is 12.0 Å². The van der Waals surface area contributed by atoms with Gasteiger partial charge in [0.25, 0.3) is 0 Å². The number of ether oxygens (including phenoxy) is 2. The molecule has 3 aromatic rings. The molecule has 6 heteroatoms. The van der Waals surface area contributed by atoms with Gasteiger partial charge in [-0.25, -0.2) is 0 Å². The van der Waals surface area contributed by atoms with Crippen LogP contribution in [-0.2, 0) is 33.8 Å². The largest absolute Gasteiger partial charge is 0.494 e. The Kier molecular flexibility index (Phi) is 8.32. The highest BCUT2D eigenvalue weighted by Crippen LogP contribution is 2.36. The molecule has 0 saturated heterocycles. The van der Waals surface area contributed by atoms with Gasteiger partial charge in [-0.05, 0) is 91.1 Å². The molecular weight excluding hydrogens is 490 g/mol. The van der Waals surface area contributed by atoms with Crippen molar-refractivity contribution in [2.45, 2.75) is 65.1 Å². The Hall–Kier alpha value is -3.64. The first-order valence-electron chi connectivity index (χ1n) is 14.0. The highest BCUT2D eigenvalue weighted by atomic mass is 16.5. The van der Waals surface area contributed by atoms with Gasteiger partial charge >= 0.3 is 5.97 Å². The fraction of sp³-hybridized carbons (Fsp3) is 0.394. The monoisotopic (exact) mass is 527 g/mol. The molecular formula is C33H37NO5. The minimum absolute atomic E-state index is 0.0999. The zero-order valence-corrected chi connectivity index (χ0v) is 22.7. The van der Waals surface area contributed by atoms with E-state index in [1.807, 2.05) is 37.3 Å². The van der Waals surface area contributed by atoms with E-state index < -0.39 is 17.8 Å². The van der Waals surface area contributed by atoms with E-state index in [4.69, 9.17) is 9.47 Å². The second-order valence-electron chi connectivity index (χ2n) is 10.7. The van der Waals surface area contributed by atoms with Crippen molar-refractivity contribution in [3.63, 3.8) is 0 Å². The van der Waals surface area contributed by atoms with Crippen molar-refractivity contribution in [3.05, 3.63) is 82.9 Å². The lowest BCUT2D eigenvalue weighted by atomic mass is 9.78. The lowest BCUT2D eigenvalue weighted by Gasteiger charge is -2.27. The van der Waals surface area contributed by atoms with Gasteiger partial charge in [0.2, 0.25) is 5.91 Å². The van der Waals surface area contributed by atoms with Gasteiger partial charge in [-0.15, -0.1) is 0 Å². The van der Waals surface area contributed by atoms with E-state index in [0.29, 0.717) is 31.7 Å². The van der Waals surface area contributed by atoms with Gasteiger partial charge in [-0.1, -0.05) is 55.3 Å². The summed E-state index contributed by atoms with van der Waals surface area (Å²) in [5, 5.41) is 12.7. The molecule has 1 fully saturated rings. The van der Waals surface area contributed by atoms with Gasteiger partial charge in [0.1, 0.15) is 5.75 Å². The average Bonchev–Trinajstić information content (AvgIpc) is 3.36. The van der Waals surface area contributed by atoms with Crippen molar-refractivity contribution in [1.82, 2.24) is 0 Å². The third-order valence-electron chi connectivity index (χ3n) is 8.15. The molecule has 1 amide bonds. The summed E-state index contributed by atoms with van der Waals surface area (Å²) in [5.41, 5.74) is 7.45. The molecule has 2 atom stereocenters. The van der Waals surface area contributed by atoms with Crippen LogP contribution >= 0.6 is 0 Å². The minimum Gasteiger partial charge on any atom is -0.494 e. The molecule has 0 bridgehead atoms. The Bertz CT molecular complexity index is 1320. The number of carbonyl (C=O) groups is 2. The smallest absolute Gasteiger partial charge is 0.307 e. The normalized spacial score (nSPS) is 18.9. The number of amides is 1. The first-order chi connectivity index (χ1) is 18.9. The molecule has 2 N–H and O–H groups in total. The number of anilines is 1. The van der Waals surface area contributed by atoms with Crippen molar-refractivity contribution in [1.29, 1.82) is 0 Å². The van der Waals surface area contributed by atoms with E-state index in [1.54, 1.807) is 0 Å². The van der Waals surface area contributed by atoms with Crippen LogP contribution in [0.2, 0.25) is 0 Å². The second kappa shape index (κ2) is 12.0. The van der Waals surface area contributed by atoms with Gasteiger partial charge in [0, 0.05) is 5.69 Å². The summed E-state index contributed by atoms with van der Waals surface area (Å²) >= 11 is 0. The predicted molar refractivity (Wildman–Crippen MR) is 152 cm³/mol. The number of fused-ring (bicyclic) bond motifs is 1. The standard InChI is InChI=1S/C33H37NO5/c1-3-38-31-14-8-13-27(21(31)2)28-16-15-25(34-32(35)29-11-6-7-12-30(29)33(36)37)17-24(28)20-39-26-18-22-9-4-5-10-23(22)19-26/h4-5,8-10,13-17,26,29-30H,3,6-7,11-12,18-20H2,1-2H3,(H,34,35)(H,36,37)/t29-,30-/m0/s1. The summed E-state index contributed by atoms with van der Waals surface area (Å²) in [6.45, 7) is 5.02. The van der Waals surface area contributed by atoms with Crippen LogP contribution in [0.15, 0.2) is 60.7 Å². The average molecular weight is 528 g/mol. The SMILES string of the molecule is CCOc1cccc(-c2ccc(NC(=O)[C@H]3CCCC[C@@H]3C(=O)O)cc2COC2Cc3ccccc3C2)c1C. The summed E-state index contributed by atoms with van der Waals surface area (Å²) in [7, 11) is 0. The number of nitrogens with one attached hydrogen (secondary N) is 1. The van der Waals surface area contributed by atoms with Crippen molar-refractivity contribution < 1.29 is 24.2 Å². The third-order valence-corrected chi connectivity index (χ3v) is 8.15. The van der Waals surface area contributed by atoms with Gasteiger partial charge in [-0.2, -0.15) is 0 Å². The van der Waals surface area contributed by atoms with Crippen molar-refractivity contribution in [2.24, 2.45) is 11.8 Å². The van der Waals surface area contributed by atoms with E-state index in [9.17, 15) is 14.7 Å². The maximum atomic E-state index is 13.2. The first-order valence-corrected chi connectivity index (χ1v) is 14.0. The topological polar surface area (TPSA) is 84.9 Å². The van der Waals surface area contributed by atoms with Gasteiger partial charge in [-0.3, -0.25) is 9.59 Å². The van der Waals surface area contributed by atoms with E-state index in [2.05, 4.69) is 42.6 Å². The molecule has 6 nitrogen and oxygen atoms in total. The molecule has 3 aromatic carbocycles. The number of aliphatic carboxylic acids is 1. The van der Waals surface area contributed by atoms with Gasteiger partial charge in [0.15, 0.2) is 0 Å². The third kappa shape index (κ3) is 6.01. The number of hydrogen-bond donors (Lipinski definition) is 2. The van der Waals surface area contributed by atoms with Crippen LogP contribution in [0.4, 0.5) is 5.69 Å². The molecule has 0 aliphatic heterocycles. The van der Waals surface area contributed by atoms with E-state index in [0.717, 1.165) is 53.7 Å². The molecule has 0 radical (unpaired) electrons. The van der Waals surface area contributed by atoms with Crippen LogP contribution in [0.1, 0.15) is 54.9 Å².